The summed E-state index contributed by atoms with van der Waals surface area (Å²) in [6.45, 7) is 12.9. The van der Waals surface area contributed by atoms with Gasteiger partial charge in [0.25, 0.3) is 0 Å². The summed E-state index contributed by atoms with van der Waals surface area (Å²) in [6.07, 6.45) is 3.70. The highest BCUT2D eigenvalue weighted by Crippen LogP contribution is 2.17. The molecule has 0 saturated carbocycles. The van der Waals surface area contributed by atoms with E-state index in [1.165, 1.54) is 6.42 Å². The maximum Gasteiger partial charge on any atom is 0.0779 e. The third kappa shape index (κ3) is 5.61. The summed E-state index contributed by atoms with van der Waals surface area (Å²) < 4.78 is 6.02. The van der Waals surface area contributed by atoms with Crippen molar-refractivity contribution in [2.24, 2.45) is 0 Å². The normalized spacial score (nSPS) is 17.8. The largest absolute Gasteiger partial charge is 0.371 e. The van der Waals surface area contributed by atoms with Crippen molar-refractivity contribution in [2.45, 2.75) is 65.6 Å². The van der Waals surface area contributed by atoms with Crippen molar-refractivity contribution >= 4 is 0 Å². The zero-order valence-corrected chi connectivity index (χ0v) is 10.5. The molecule has 0 aliphatic rings. The molecular formula is C12H27NO. The van der Waals surface area contributed by atoms with E-state index < -0.39 is 0 Å². The van der Waals surface area contributed by atoms with Crippen LogP contribution in [0.1, 0.15) is 53.9 Å². The predicted molar refractivity (Wildman–Crippen MR) is 62.7 cm³/mol. The molecule has 0 aliphatic carbocycles. The number of hydrogen-bond acceptors (Lipinski definition) is 2. The average Bonchev–Trinajstić information content (AvgIpc) is 2.18. The van der Waals surface area contributed by atoms with Gasteiger partial charge in [0, 0.05) is 6.54 Å². The van der Waals surface area contributed by atoms with Crippen LogP contribution in [0.25, 0.3) is 0 Å². The van der Waals surface area contributed by atoms with Gasteiger partial charge in [-0.25, -0.2) is 0 Å². The van der Waals surface area contributed by atoms with Crippen LogP contribution in [0.3, 0.4) is 0 Å². The molecule has 2 unspecified atom stereocenters. The van der Waals surface area contributed by atoms with Crippen LogP contribution < -0.4 is 5.32 Å². The molecule has 1 N–H and O–H groups in total. The number of ether oxygens (including phenoxy) is 1. The lowest BCUT2D eigenvalue weighted by molar-refractivity contribution is -0.0768. The minimum atomic E-state index is 0.00456. The van der Waals surface area contributed by atoms with Crippen molar-refractivity contribution in [1.82, 2.24) is 5.32 Å². The fraction of sp³-hybridized carbons (Fsp3) is 1.00. The second kappa shape index (κ2) is 7.24. The van der Waals surface area contributed by atoms with E-state index >= 15 is 0 Å². The quantitative estimate of drug-likeness (QED) is 0.610. The van der Waals surface area contributed by atoms with Crippen molar-refractivity contribution in [3.8, 4) is 0 Å². The zero-order valence-electron chi connectivity index (χ0n) is 10.5. The summed E-state index contributed by atoms with van der Waals surface area (Å²) in [6, 6.07) is 0. The van der Waals surface area contributed by atoms with Crippen LogP contribution >= 0.6 is 0 Å². The van der Waals surface area contributed by atoms with Gasteiger partial charge in [0.2, 0.25) is 0 Å². The summed E-state index contributed by atoms with van der Waals surface area (Å²) in [5.74, 6) is 0. The van der Waals surface area contributed by atoms with Gasteiger partial charge in [-0.3, -0.25) is 0 Å². The Hall–Kier alpha value is -0.0800. The van der Waals surface area contributed by atoms with Gasteiger partial charge < -0.3 is 10.1 Å². The van der Waals surface area contributed by atoms with Crippen LogP contribution in [-0.4, -0.2) is 24.8 Å². The van der Waals surface area contributed by atoms with Crippen molar-refractivity contribution in [3.05, 3.63) is 0 Å². The minimum absolute atomic E-state index is 0.00456. The van der Waals surface area contributed by atoms with Crippen molar-refractivity contribution < 1.29 is 4.74 Å². The Morgan fingerprint density at radius 3 is 2.36 bits per heavy atom. The molecule has 0 amide bonds. The molecule has 0 aliphatic heterocycles. The average molecular weight is 201 g/mol. The molecule has 0 fully saturated rings. The van der Waals surface area contributed by atoms with Gasteiger partial charge in [-0.2, -0.15) is 0 Å². The smallest absolute Gasteiger partial charge is 0.0779 e. The Bertz CT molecular complexity index is 138. The second-order valence-electron chi connectivity index (χ2n) is 4.32. The SMILES string of the molecule is CCCNCC(C)(CC)OC(C)CC. The standard InChI is InChI=1S/C12H27NO/c1-6-9-13-10-12(5,8-3)14-11(4)7-2/h11,13H,6-10H2,1-5H3. The molecule has 0 heterocycles. The molecule has 0 aromatic heterocycles. The Kier molecular flexibility index (Phi) is 7.20. The van der Waals surface area contributed by atoms with E-state index in [1.807, 2.05) is 0 Å². The van der Waals surface area contributed by atoms with Gasteiger partial charge in [-0.05, 0) is 39.7 Å². The van der Waals surface area contributed by atoms with E-state index in [0.717, 1.165) is 25.9 Å². The van der Waals surface area contributed by atoms with Crippen LogP contribution in [0.5, 0.6) is 0 Å². The van der Waals surface area contributed by atoms with Crippen molar-refractivity contribution in [3.63, 3.8) is 0 Å². The lowest BCUT2D eigenvalue weighted by Crippen LogP contribution is -2.42. The van der Waals surface area contributed by atoms with E-state index in [2.05, 4.69) is 39.9 Å². The highest BCUT2D eigenvalue weighted by molar-refractivity contribution is 4.77. The first-order chi connectivity index (χ1) is 6.58. The van der Waals surface area contributed by atoms with E-state index in [0.29, 0.717) is 6.10 Å². The first-order valence-electron chi connectivity index (χ1n) is 5.96. The van der Waals surface area contributed by atoms with Crippen LogP contribution in [0.4, 0.5) is 0 Å². The summed E-state index contributed by atoms with van der Waals surface area (Å²) in [5, 5.41) is 3.43. The van der Waals surface area contributed by atoms with Gasteiger partial charge in [0.15, 0.2) is 0 Å². The lowest BCUT2D eigenvalue weighted by atomic mass is 10.0. The maximum atomic E-state index is 6.02. The third-order valence-corrected chi connectivity index (χ3v) is 2.73. The van der Waals surface area contributed by atoms with Gasteiger partial charge in [0.1, 0.15) is 0 Å². The van der Waals surface area contributed by atoms with E-state index in [4.69, 9.17) is 4.74 Å². The van der Waals surface area contributed by atoms with E-state index in [-0.39, 0.29) is 5.60 Å². The molecule has 2 nitrogen and oxygen atoms in total. The van der Waals surface area contributed by atoms with Crippen LogP contribution in [0.15, 0.2) is 0 Å². The number of nitrogens with one attached hydrogen (secondary N) is 1. The van der Waals surface area contributed by atoms with Gasteiger partial charge in [-0.1, -0.05) is 20.8 Å². The first kappa shape index (κ1) is 13.9. The van der Waals surface area contributed by atoms with Gasteiger partial charge in [-0.15, -0.1) is 0 Å². The van der Waals surface area contributed by atoms with Crippen LogP contribution in [-0.2, 0) is 4.74 Å². The summed E-state index contributed by atoms with van der Waals surface area (Å²) in [5.41, 5.74) is 0.00456. The predicted octanol–water partition coefficient (Wildman–Crippen LogP) is 2.97. The molecule has 0 spiro atoms. The maximum absolute atomic E-state index is 6.02. The molecule has 0 aromatic carbocycles. The molecule has 0 saturated heterocycles. The fourth-order valence-corrected chi connectivity index (χ4v) is 1.35. The summed E-state index contributed by atoms with van der Waals surface area (Å²) >= 11 is 0. The molecule has 2 heteroatoms. The molecule has 0 aromatic rings. The lowest BCUT2D eigenvalue weighted by Gasteiger charge is -2.32. The van der Waals surface area contributed by atoms with Crippen LogP contribution in [0, 0.1) is 0 Å². The monoisotopic (exact) mass is 201 g/mol. The van der Waals surface area contributed by atoms with Gasteiger partial charge >= 0.3 is 0 Å². The minimum Gasteiger partial charge on any atom is -0.371 e. The number of hydrogen-bond donors (Lipinski definition) is 1. The van der Waals surface area contributed by atoms with Crippen LogP contribution in [0.2, 0.25) is 0 Å². The van der Waals surface area contributed by atoms with Crippen molar-refractivity contribution in [2.75, 3.05) is 13.1 Å². The van der Waals surface area contributed by atoms with Gasteiger partial charge in [0.05, 0.1) is 11.7 Å². The Balaban J connectivity index is 3.90. The Morgan fingerprint density at radius 2 is 1.93 bits per heavy atom. The molecule has 0 rings (SSSR count). The molecular weight excluding hydrogens is 174 g/mol. The Morgan fingerprint density at radius 1 is 1.29 bits per heavy atom. The summed E-state index contributed by atoms with van der Waals surface area (Å²) in [4.78, 5) is 0. The summed E-state index contributed by atoms with van der Waals surface area (Å²) in [7, 11) is 0. The third-order valence-electron chi connectivity index (χ3n) is 2.73. The highest BCUT2D eigenvalue weighted by atomic mass is 16.5. The zero-order chi connectivity index (χ0) is 11.0. The highest BCUT2D eigenvalue weighted by Gasteiger charge is 2.24. The second-order valence-corrected chi connectivity index (χ2v) is 4.32. The molecule has 2 atom stereocenters. The molecule has 0 bridgehead atoms. The number of rotatable bonds is 8. The first-order valence-corrected chi connectivity index (χ1v) is 5.96. The topological polar surface area (TPSA) is 21.3 Å². The Labute approximate surface area is 89.4 Å². The molecule has 14 heavy (non-hydrogen) atoms. The molecule has 86 valence electrons. The molecule has 0 radical (unpaired) electrons. The van der Waals surface area contributed by atoms with E-state index in [1.54, 1.807) is 0 Å². The van der Waals surface area contributed by atoms with E-state index in [9.17, 15) is 0 Å². The fourth-order valence-electron chi connectivity index (χ4n) is 1.35. The van der Waals surface area contributed by atoms with Crippen molar-refractivity contribution in [1.29, 1.82) is 0 Å².